The van der Waals surface area contributed by atoms with Crippen molar-refractivity contribution < 1.29 is 0 Å². The summed E-state index contributed by atoms with van der Waals surface area (Å²) in [6, 6.07) is 4.26. The van der Waals surface area contributed by atoms with Gasteiger partial charge in [-0.2, -0.15) is 10.2 Å². The van der Waals surface area contributed by atoms with Crippen molar-refractivity contribution in [1.29, 1.82) is 0 Å². The molecule has 26 heavy (non-hydrogen) atoms. The molecule has 0 saturated heterocycles. The van der Waals surface area contributed by atoms with Crippen LogP contribution >= 0.6 is 0 Å². The highest BCUT2D eigenvalue weighted by molar-refractivity contribution is 6.09. The summed E-state index contributed by atoms with van der Waals surface area (Å²) in [6.07, 6.45) is 9.19. The van der Waals surface area contributed by atoms with Gasteiger partial charge in [0.25, 0.3) is 0 Å². The maximum atomic E-state index is 5.14. The molecule has 5 heteroatoms. The quantitative estimate of drug-likeness (QED) is 0.560. The summed E-state index contributed by atoms with van der Waals surface area (Å²) in [5.41, 5.74) is 9.77. The lowest BCUT2D eigenvalue weighted by molar-refractivity contribution is 0.689. The number of aromatic nitrogens is 5. The predicted octanol–water partition coefficient (Wildman–Crippen LogP) is 4.57. The van der Waals surface area contributed by atoms with E-state index in [2.05, 4.69) is 39.5 Å². The molecule has 2 aliphatic rings. The second-order valence-corrected chi connectivity index (χ2v) is 7.80. The molecule has 0 amide bonds. The van der Waals surface area contributed by atoms with E-state index >= 15 is 0 Å². The molecule has 3 aromatic heterocycles. The van der Waals surface area contributed by atoms with Gasteiger partial charge in [0.05, 0.1) is 22.9 Å². The van der Waals surface area contributed by atoms with Gasteiger partial charge < -0.3 is 0 Å². The van der Waals surface area contributed by atoms with Gasteiger partial charge in [-0.15, -0.1) is 0 Å². The first-order valence-corrected chi connectivity index (χ1v) is 9.64. The molecule has 0 radical (unpaired) electrons. The summed E-state index contributed by atoms with van der Waals surface area (Å²) < 4.78 is 0. The SMILES string of the molecule is Cc1[nH]ncc1-c1nc2ccc3n[nH]c(C4CC4)c3c2c2c1CCCC2. The molecule has 0 unspecified atom stereocenters. The summed E-state index contributed by atoms with van der Waals surface area (Å²) in [7, 11) is 0. The van der Waals surface area contributed by atoms with E-state index in [-0.39, 0.29) is 0 Å². The first kappa shape index (κ1) is 14.5. The minimum absolute atomic E-state index is 0.653. The zero-order chi connectivity index (χ0) is 17.3. The Balaban J connectivity index is 1.75. The zero-order valence-corrected chi connectivity index (χ0v) is 14.9. The summed E-state index contributed by atoms with van der Waals surface area (Å²) in [4.78, 5) is 5.14. The second kappa shape index (κ2) is 5.16. The minimum atomic E-state index is 0.653. The number of nitrogens with zero attached hydrogens (tertiary/aromatic N) is 3. The van der Waals surface area contributed by atoms with Gasteiger partial charge in [0, 0.05) is 33.6 Å². The Morgan fingerprint density at radius 3 is 2.54 bits per heavy atom. The summed E-state index contributed by atoms with van der Waals surface area (Å²) in [5.74, 6) is 0.653. The first-order chi connectivity index (χ1) is 12.8. The number of hydrogen-bond donors (Lipinski definition) is 2. The fourth-order valence-electron chi connectivity index (χ4n) is 4.63. The van der Waals surface area contributed by atoms with Gasteiger partial charge in [-0.1, -0.05) is 0 Å². The summed E-state index contributed by atoms with van der Waals surface area (Å²) >= 11 is 0. The van der Waals surface area contributed by atoms with Crippen molar-refractivity contribution >= 4 is 21.8 Å². The van der Waals surface area contributed by atoms with Crippen molar-refractivity contribution in [3.8, 4) is 11.3 Å². The Morgan fingerprint density at radius 2 is 1.77 bits per heavy atom. The van der Waals surface area contributed by atoms with Crippen LogP contribution in [0.2, 0.25) is 0 Å². The van der Waals surface area contributed by atoms with E-state index < -0.39 is 0 Å². The molecule has 1 fully saturated rings. The monoisotopic (exact) mass is 343 g/mol. The van der Waals surface area contributed by atoms with E-state index in [1.165, 1.54) is 53.3 Å². The standard InChI is InChI=1S/C21H21N5/c1-11-15(10-22-24-11)21-14-5-3-2-4-13(14)18-16(23-21)8-9-17-19(18)20(26-25-17)12-6-7-12/h8-10,12H,2-7H2,1H3,(H,22,24)(H,25,26). The number of aromatic amines is 2. The molecule has 5 nitrogen and oxygen atoms in total. The molecule has 1 aromatic carbocycles. The maximum absolute atomic E-state index is 5.14. The first-order valence-electron chi connectivity index (χ1n) is 9.64. The van der Waals surface area contributed by atoms with Crippen LogP contribution in [0.1, 0.15) is 54.1 Å². The molecule has 2 N–H and O–H groups in total. The van der Waals surface area contributed by atoms with Crippen LogP contribution in [0.5, 0.6) is 0 Å². The number of rotatable bonds is 2. The smallest absolute Gasteiger partial charge is 0.0931 e. The van der Waals surface area contributed by atoms with Crippen molar-refractivity contribution in [2.45, 2.75) is 51.4 Å². The number of nitrogens with one attached hydrogen (secondary N) is 2. The van der Waals surface area contributed by atoms with Crippen molar-refractivity contribution in [1.82, 2.24) is 25.4 Å². The Kier molecular flexibility index (Phi) is 2.87. The van der Waals surface area contributed by atoms with Crippen LogP contribution in [-0.2, 0) is 12.8 Å². The number of fused-ring (bicyclic) bond motifs is 5. The van der Waals surface area contributed by atoms with Crippen molar-refractivity contribution in [3.05, 3.63) is 40.8 Å². The van der Waals surface area contributed by atoms with Gasteiger partial charge >= 0.3 is 0 Å². The Hall–Kier alpha value is -2.69. The molecular weight excluding hydrogens is 322 g/mol. The molecule has 0 aliphatic heterocycles. The zero-order valence-electron chi connectivity index (χ0n) is 14.9. The van der Waals surface area contributed by atoms with Gasteiger partial charge in [0.15, 0.2) is 0 Å². The van der Waals surface area contributed by atoms with E-state index in [1.807, 2.05) is 6.20 Å². The lowest BCUT2D eigenvalue weighted by atomic mass is 9.85. The van der Waals surface area contributed by atoms with Crippen LogP contribution < -0.4 is 0 Å². The van der Waals surface area contributed by atoms with Crippen LogP contribution in [0.15, 0.2) is 18.3 Å². The van der Waals surface area contributed by atoms with E-state index in [9.17, 15) is 0 Å². The average Bonchev–Trinajstić information content (AvgIpc) is 3.28. The predicted molar refractivity (Wildman–Crippen MR) is 102 cm³/mol. The molecule has 4 aromatic rings. The second-order valence-electron chi connectivity index (χ2n) is 7.80. The lowest BCUT2D eigenvalue weighted by Crippen LogP contribution is -2.08. The molecule has 0 spiro atoms. The van der Waals surface area contributed by atoms with Gasteiger partial charge in [0.2, 0.25) is 0 Å². The molecule has 6 rings (SSSR count). The van der Waals surface area contributed by atoms with Crippen molar-refractivity contribution in [2.24, 2.45) is 0 Å². The third kappa shape index (κ3) is 1.94. The Morgan fingerprint density at radius 1 is 0.962 bits per heavy atom. The average molecular weight is 343 g/mol. The van der Waals surface area contributed by atoms with Crippen LogP contribution in [-0.4, -0.2) is 25.4 Å². The maximum Gasteiger partial charge on any atom is 0.0931 e. The van der Waals surface area contributed by atoms with Gasteiger partial charge in [-0.05, 0) is 68.7 Å². The molecule has 130 valence electrons. The minimum Gasteiger partial charge on any atom is -0.282 e. The number of pyridine rings is 1. The van der Waals surface area contributed by atoms with Gasteiger partial charge in [-0.3, -0.25) is 10.2 Å². The lowest BCUT2D eigenvalue weighted by Gasteiger charge is -2.21. The van der Waals surface area contributed by atoms with Crippen LogP contribution in [0.3, 0.4) is 0 Å². The Labute approximate surface area is 151 Å². The molecule has 3 heterocycles. The topological polar surface area (TPSA) is 70.2 Å². The van der Waals surface area contributed by atoms with E-state index in [4.69, 9.17) is 4.98 Å². The third-order valence-corrected chi connectivity index (χ3v) is 6.09. The summed E-state index contributed by atoms with van der Waals surface area (Å²) in [6.45, 7) is 2.08. The van der Waals surface area contributed by atoms with Crippen LogP contribution in [0, 0.1) is 6.92 Å². The molecule has 0 bridgehead atoms. The number of H-pyrrole nitrogens is 2. The number of hydrogen-bond acceptors (Lipinski definition) is 3. The Bertz CT molecular complexity index is 1160. The fraction of sp³-hybridized carbons (Fsp3) is 0.381. The molecule has 2 aliphatic carbocycles. The summed E-state index contributed by atoms with van der Waals surface area (Å²) in [5, 5.41) is 17.9. The fourth-order valence-corrected chi connectivity index (χ4v) is 4.63. The number of benzene rings is 1. The van der Waals surface area contributed by atoms with E-state index in [0.29, 0.717) is 5.92 Å². The largest absolute Gasteiger partial charge is 0.282 e. The van der Waals surface area contributed by atoms with Crippen LogP contribution in [0.4, 0.5) is 0 Å². The van der Waals surface area contributed by atoms with Gasteiger partial charge in [-0.25, -0.2) is 4.98 Å². The third-order valence-electron chi connectivity index (χ3n) is 6.09. The van der Waals surface area contributed by atoms with E-state index in [1.54, 1.807) is 0 Å². The van der Waals surface area contributed by atoms with Gasteiger partial charge in [0.1, 0.15) is 0 Å². The van der Waals surface area contributed by atoms with Crippen molar-refractivity contribution in [2.75, 3.05) is 0 Å². The number of aryl methyl sites for hydroxylation is 2. The van der Waals surface area contributed by atoms with Crippen molar-refractivity contribution in [3.63, 3.8) is 0 Å². The van der Waals surface area contributed by atoms with Crippen LogP contribution in [0.25, 0.3) is 33.1 Å². The highest BCUT2D eigenvalue weighted by Gasteiger charge is 2.30. The van der Waals surface area contributed by atoms with E-state index in [0.717, 1.165) is 40.8 Å². The molecule has 0 atom stereocenters. The highest BCUT2D eigenvalue weighted by Crippen LogP contribution is 2.45. The molecular formula is C21H21N5. The normalized spacial score (nSPS) is 17.1. The highest BCUT2D eigenvalue weighted by atomic mass is 15.1. The molecule has 1 saturated carbocycles.